The van der Waals surface area contributed by atoms with Gasteiger partial charge in [-0.05, 0) is 44.0 Å². The molecule has 0 unspecified atom stereocenters. The van der Waals surface area contributed by atoms with Crippen molar-refractivity contribution >= 4 is 11.9 Å². The molecule has 0 aliphatic carbocycles. The lowest BCUT2D eigenvalue weighted by Gasteiger charge is -2.30. The van der Waals surface area contributed by atoms with E-state index in [1.807, 2.05) is 19.1 Å². The molecule has 3 rings (SSSR count). The number of aryl methyl sites for hydroxylation is 1. The fourth-order valence-corrected chi connectivity index (χ4v) is 2.68. The number of carbonyl (C=O) groups is 2. The minimum atomic E-state index is -0.223. The van der Waals surface area contributed by atoms with Crippen LogP contribution in [0.3, 0.4) is 0 Å². The smallest absolute Gasteiger partial charge is 0.314 e. The zero-order chi connectivity index (χ0) is 16.2. The maximum absolute atomic E-state index is 12.2. The Morgan fingerprint density at radius 2 is 1.83 bits per heavy atom. The third-order valence-electron chi connectivity index (χ3n) is 4.09. The summed E-state index contributed by atoms with van der Waals surface area (Å²) in [6.07, 6.45) is 2.70. The summed E-state index contributed by atoms with van der Waals surface area (Å²) in [5, 5.41) is 0. The summed E-state index contributed by atoms with van der Waals surface area (Å²) in [5.41, 5.74) is 1.12. The number of esters is 1. The Hall–Kier alpha value is -2.56. The molecule has 1 aliphatic rings. The van der Waals surface area contributed by atoms with Gasteiger partial charge in [0.2, 0.25) is 0 Å². The van der Waals surface area contributed by atoms with Crippen molar-refractivity contribution in [3.63, 3.8) is 0 Å². The van der Waals surface area contributed by atoms with Crippen molar-refractivity contribution < 1.29 is 18.7 Å². The Bertz CT molecular complexity index is 668. The summed E-state index contributed by atoms with van der Waals surface area (Å²) in [5.74, 6) is 0.386. The molecule has 1 aromatic carbocycles. The number of furan rings is 1. The van der Waals surface area contributed by atoms with Gasteiger partial charge in [0.1, 0.15) is 5.75 Å². The molecule has 5 nitrogen and oxygen atoms in total. The van der Waals surface area contributed by atoms with Gasteiger partial charge in [-0.3, -0.25) is 9.59 Å². The maximum Gasteiger partial charge on any atom is 0.314 e. The highest BCUT2D eigenvalue weighted by Gasteiger charge is 2.29. The number of hydrogen-bond acceptors (Lipinski definition) is 4. The molecule has 23 heavy (non-hydrogen) atoms. The lowest BCUT2D eigenvalue weighted by Crippen LogP contribution is -2.41. The zero-order valence-electron chi connectivity index (χ0n) is 13.0. The maximum atomic E-state index is 12.2. The van der Waals surface area contributed by atoms with E-state index < -0.39 is 0 Å². The number of likely N-dealkylation sites (tertiary alicyclic amines) is 1. The van der Waals surface area contributed by atoms with Crippen molar-refractivity contribution in [2.45, 2.75) is 19.8 Å². The van der Waals surface area contributed by atoms with Crippen LogP contribution in [0.4, 0.5) is 0 Å². The summed E-state index contributed by atoms with van der Waals surface area (Å²) in [4.78, 5) is 26.1. The molecule has 2 aromatic rings. The van der Waals surface area contributed by atoms with Crippen LogP contribution >= 0.6 is 0 Å². The lowest BCUT2D eigenvalue weighted by atomic mass is 9.97. The molecule has 1 aliphatic heterocycles. The van der Waals surface area contributed by atoms with Crippen molar-refractivity contribution in [1.82, 2.24) is 4.90 Å². The van der Waals surface area contributed by atoms with E-state index in [2.05, 4.69) is 0 Å². The monoisotopic (exact) mass is 313 g/mol. The van der Waals surface area contributed by atoms with Crippen LogP contribution in [0.2, 0.25) is 0 Å². The van der Waals surface area contributed by atoms with E-state index in [-0.39, 0.29) is 17.8 Å². The van der Waals surface area contributed by atoms with Gasteiger partial charge in [-0.15, -0.1) is 0 Å². The fourth-order valence-electron chi connectivity index (χ4n) is 2.68. The molecule has 1 aromatic heterocycles. The van der Waals surface area contributed by atoms with Crippen molar-refractivity contribution in [3.05, 3.63) is 54.0 Å². The van der Waals surface area contributed by atoms with Crippen LogP contribution in [0, 0.1) is 12.8 Å². The summed E-state index contributed by atoms with van der Waals surface area (Å²) in [7, 11) is 0. The molecule has 0 bridgehead atoms. The van der Waals surface area contributed by atoms with Gasteiger partial charge in [0.05, 0.1) is 12.2 Å². The second kappa shape index (κ2) is 6.69. The fraction of sp³-hybridized carbons (Fsp3) is 0.333. The second-order valence-corrected chi connectivity index (χ2v) is 5.78. The molecule has 5 heteroatoms. The minimum absolute atomic E-state index is 0.125. The molecule has 0 spiro atoms. The van der Waals surface area contributed by atoms with Crippen LogP contribution in [0.25, 0.3) is 0 Å². The highest BCUT2D eigenvalue weighted by molar-refractivity contribution is 5.91. The van der Waals surface area contributed by atoms with Crippen LogP contribution < -0.4 is 4.74 Å². The van der Waals surface area contributed by atoms with Gasteiger partial charge in [0, 0.05) is 13.1 Å². The topological polar surface area (TPSA) is 59.8 Å². The highest BCUT2D eigenvalue weighted by atomic mass is 16.5. The van der Waals surface area contributed by atoms with E-state index in [9.17, 15) is 9.59 Å². The van der Waals surface area contributed by atoms with Crippen LogP contribution in [-0.4, -0.2) is 29.9 Å². The molecular weight excluding hydrogens is 294 g/mol. The molecule has 1 amide bonds. The van der Waals surface area contributed by atoms with Crippen LogP contribution in [0.15, 0.2) is 47.1 Å². The number of carbonyl (C=O) groups excluding carboxylic acids is 2. The van der Waals surface area contributed by atoms with Gasteiger partial charge < -0.3 is 14.1 Å². The Kier molecular flexibility index (Phi) is 4.46. The SMILES string of the molecule is Cc1ccc(OC(=O)C2CCN(C(=O)c3ccco3)CC2)cc1. The lowest BCUT2D eigenvalue weighted by molar-refractivity contribution is -0.140. The first-order chi connectivity index (χ1) is 11.1. The molecule has 0 N–H and O–H groups in total. The predicted molar refractivity (Wildman–Crippen MR) is 84.1 cm³/mol. The summed E-state index contributed by atoms with van der Waals surface area (Å²) >= 11 is 0. The Morgan fingerprint density at radius 1 is 1.13 bits per heavy atom. The van der Waals surface area contributed by atoms with Crippen LogP contribution in [0.5, 0.6) is 5.75 Å². The summed E-state index contributed by atoms with van der Waals surface area (Å²) in [6.45, 7) is 3.05. The molecular formula is C18H19NO4. The molecule has 0 radical (unpaired) electrons. The van der Waals surface area contributed by atoms with Gasteiger partial charge >= 0.3 is 5.97 Å². The van der Waals surface area contributed by atoms with Gasteiger partial charge in [-0.2, -0.15) is 0 Å². The summed E-state index contributed by atoms with van der Waals surface area (Å²) in [6, 6.07) is 10.8. The van der Waals surface area contributed by atoms with Gasteiger partial charge in [-0.25, -0.2) is 0 Å². The zero-order valence-corrected chi connectivity index (χ0v) is 13.0. The number of amides is 1. The van der Waals surface area contributed by atoms with E-state index in [0.29, 0.717) is 37.4 Å². The first-order valence-electron chi connectivity index (χ1n) is 7.74. The Balaban J connectivity index is 1.53. The standard InChI is InChI=1S/C18H19NO4/c1-13-4-6-15(7-5-13)23-18(21)14-8-10-19(11-9-14)17(20)16-3-2-12-22-16/h2-7,12,14H,8-11H2,1H3. The van der Waals surface area contributed by atoms with Crippen LogP contribution in [-0.2, 0) is 4.79 Å². The average Bonchev–Trinajstić information content (AvgIpc) is 3.11. The molecule has 0 saturated carbocycles. The normalized spacial score (nSPS) is 15.4. The van der Waals surface area contributed by atoms with E-state index in [0.717, 1.165) is 5.56 Å². The third kappa shape index (κ3) is 3.62. The van der Waals surface area contributed by atoms with Crippen molar-refractivity contribution in [2.75, 3.05) is 13.1 Å². The number of rotatable bonds is 3. The van der Waals surface area contributed by atoms with E-state index >= 15 is 0 Å². The largest absolute Gasteiger partial charge is 0.459 e. The first kappa shape index (κ1) is 15.3. The Morgan fingerprint density at radius 3 is 2.43 bits per heavy atom. The predicted octanol–water partition coefficient (Wildman–Crippen LogP) is 3.05. The first-order valence-corrected chi connectivity index (χ1v) is 7.74. The number of piperidine rings is 1. The number of ether oxygens (including phenoxy) is 1. The van der Waals surface area contributed by atoms with Gasteiger partial charge in [-0.1, -0.05) is 17.7 Å². The molecule has 2 heterocycles. The quantitative estimate of drug-likeness (QED) is 0.645. The van der Waals surface area contributed by atoms with E-state index in [1.165, 1.54) is 6.26 Å². The van der Waals surface area contributed by atoms with Crippen molar-refractivity contribution in [2.24, 2.45) is 5.92 Å². The van der Waals surface area contributed by atoms with Crippen molar-refractivity contribution in [3.8, 4) is 5.75 Å². The second-order valence-electron chi connectivity index (χ2n) is 5.78. The molecule has 120 valence electrons. The van der Waals surface area contributed by atoms with Crippen LogP contribution in [0.1, 0.15) is 29.0 Å². The summed E-state index contributed by atoms with van der Waals surface area (Å²) < 4.78 is 10.5. The van der Waals surface area contributed by atoms with Gasteiger partial charge in [0.25, 0.3) is 5.91 Å². The minimum Gasteiger partial charge on any atom is -0.459 e. The number of benzene rings is 1. The Labute approximate surface area is 134 Å². The van der Waals surface area contributed by atoms with Crippen molar-refractivity contribution in [1.29, 1.82) is 0 Å². The highest BCUT2D eigenvalue weighted by Crippen LogP contribution is 2.22. The van der Waals surface area contributed by atoms with E-state index in [4.69, 9.17) is 9.15 Å². The number of nitrogens with zero attached hydrogens (tertiary/aromatic N) is 1. The molecule has 1 saturated heterocycles. The van der Waals surface area contributed by atoms with E-state index in [1.54, 1.807) is 29.2 Å². The molecule has 1 fully saturated rings. The number of hydrogen-bond donors (Lipinski definition) is 0. The molecule has 0 atom stereocenters. The average molecular weight is 313 g/mol. The van der Waals surface area contributed by atoms with Gasteiger partial charge in [0.15, 0.2) is 5.76 Å². The third-order valence-corrected chi connectivity index (χ3v) is 4.09.